The maximum atomic E-state index is 14.2. The number of ketones is 1. The molecule has 1 aromatic carbocycles. The highest BCUT2D eigenvalue weighted by Crippen LogP contribution is 2.30. The molecule has 0 spiro atoms. The van der Waals surface area contributed by atoms with E-state index in [0.29, 0.717) is 5.56 Å². The van der Waals surface area contributed by atoms with Crippen molar-refractivity contribution in [2.24, 2.45) is 17.1 Å². The minimum absolute atomic E-state index is 0.0312. The Balaban J connectivity index is 2.08. The highest BCUT2D eigenvalue weighted by Gasteiger charge is 2.42. The molecule has 1 heterocycles. The molecule has 0 saturated carbocycles. The summed E-state index contributed by atoms with van der Waals surface area (Å²) in [7, 11) is 3.17. The summed E-state index contributed by atoms with van der Waals surface area (Å²) in [5, 5.41) is 26.5. The third kappa shape index (κ3) is 14.2. The molecule has 1 unspecified atom stereocenters. The van der Waals surface area contributed by atoms with Crippen molar-refractivity contribution < 1.29 is 53.0 Å². The van der Waals surface area contributed by atoms with Crippen LogP contribution in [0.1, 0.15) is 93.1 Å². The lowest BCUT2D eigenvalue weighted by Gasteiger charge is -2.40. The number of nitrogens with one attached hydrogen (secondary N) is 3. The molecule has 334 valence electrons. The molecule has 1 aromatic rings. The van der Waals surface area contributed by atoms with Crippen LogP contribution in [0.2, 0.25) is 0 Å². The first-order valence-electron chi connectivity index (χ1n) is 19.9. The summed E-state index contributed by atoms with van der Waals surface area (Å²) in [6.07, 6.45) is 1.11. The van der Waals surface area contributed by atoms with Crippen LogP contribution in [-0.4, -0.2) is 129 Å². The molecular weight excluding hydrogens is 800 g/mol. The third-order valence-electron chi connectivity index (χ3n) is 10.6. The van der Waals surface area contributed by atoms with Gasteiger partial charge in [0, 0.05) is 49.6 Å². The SMILES string of the molecule is CN[C@H](C(=O)N[C@H](C(=O)N(C)[C@H](/C=C(\C)C(=O)N[C@H](CCC(=O)CCCN1C(=O)CC(SC[C@H](N)C(=O)O)C1=O)C(=O)O)C(C)C)C(C)(C)C)C(C)(C)c1cccc(F)c1. The maximum absolute atomic E-state index is 14.2. The van der Waals surface area contributed by atoms with E-state index in [1.165, 1.54) is 24.0 Å². The van der Waals surface area contributed by atoms with Gasteiger partial charge in [-0.05, 0) is 55.8 Å². The van der Waals surface area contributed by atoms with Crippen LogP contribution in [0.3, 0.4) is 0 Å². The number of amides is 5. The number of nitrogens with two attached hydrogens (primary N) is 1. The summed E-state index contributed by atoms with van der Waals surface area (Å²) in [6.45, 7) is 14.2. The molecule has 1 fully saturated rings. The van der Waals surface area contributed by atoms with Crippen molar-refractivity contribution in [3.63, 3.8) is 0 Å². The van der Waals surface area contributed by atoms with Crippen LogP contribution < -0.4 is 21.7 Å². The number of thioether (sulfide) groups is 1. The zero-order chi connectivity index (χ0) is 45.9. The van der Waals surface area contributed by atoms with Crippen molar-refractivity contribution >= 4 is 59.0 Å². The van der Waals surface area contributed by atoms with Crippen LogP contribution in [0.15, 0.2) is 35.9 Å². The van der Waals surface area contributed by atoms with Crippen molar-refractivity contribution in [1.29, 1.82) is 0 Å². The van der Waals surface area contributed by atoms with Crippen molar-refractivity contribution in [1.82, 2.24) is 25.8 Å². The largest absolute Gasteiger partial charge is 0.480 e. The number of carbonyl (C=O) groups excluding carboxylic acids is 6. The average Bonchev–Trinajstić information content (AvgIpc) is 3.42. The van der Waals surface area contributed by atoms with Crippen LogP contribution in [0.5, 0.6) is 0 Å². The summed E-state index contributed by atoms with van der Waals surface area (Å²) in [6, 6.07) is 0.844. The number of halogens is 1. The predicted molar refractivity (Wildman–Crippen MR) is 225 cm³/mol. The molecular formula is C42H63FN6O10S. The number of likely N-dealkylation sites (N-methyl/N-ethyl adjacent to an activating group) is 2. The van der Waals surface area contributed by atoms with Crippen molar-refractivity contribution in [2.75, 3.05) is 26.4 Å². The van der Waals surface area contributed by atoms with Gasteiger partial charge in [-0.25, -0.2) is 9.18 Å². The third-order valence-corrected chi connectivity index (χ3v) is 12.0. The Hall–Kier alpha value is -4.68. The molecule has 0 aliphatic carbocycles. The van der Waals surface area contributed by atoms with Gasteiger partial charge in [0.25, 0.3) is 0 Å². The van der Waals surface area contributed by atoms with E-state index in [2.05, 4.69) is 16.0 Å². The Kier molecular flexibility index (Phi) is 19.1. The molecule has 1 saturated heterocycles. The topological polar surface area (TPSA) is 246 Å². The van der Waals surface area contributed by atoms with Gasteiger partial charge < -0.3 is 36.8 Å². The second-order valence-corrected chi connectivity index (χ2v) is 18.4. The molecule has 0 aromatic heterocycles. The number of rotatable bonds is 23. The maximum Gasteiger partial charge on any atom is 0.326 e. The van der Waals surface area contributed by atoms with Gasteiger partial charge in [-0.1, -0.05) is 66.7 Å². The smallest absolute Gasteiger partial charge is 0.326 e. The number of Topliss-reactive ketones (excluding diaryl/α,β-unsaturated/α-hetero) is 1. The Morgan fingerprint density at radius 2 is 1.65 bits per heavy atom. The lowest BCUT2D eigenvalue weighted by atomic mass is 9.76. The fourth-order valence-corrected chi connectivity index (χ4v) is 8.00. The van der Waals surface area contributed by atoms with Crippen LogP contribution in [0.25, 0.3) is 0 Å². The number of carboxylic acid groups (broad SMARTS) is 2. The number of benzene rings is 1. The lowest BCUT2D eigenvalue weighted by Crippen LogP contribution is -2.61. The number of nitrogens with zero attached hydrogens (tertiary/aromatic N) is 2. The lowest BCUT2D eigenvalue weighted by molar-refractivity contribution is -0.142. The number of hydrogen-bond donors (Lipinski definition) is 6. The van der Waals surface area contributed by atoms with Crippen molar-refractivity contribution in [2.45, 2.75) is 128 Å². The number of hydrogen-bond acceptors (Lipinski definition) is 11. The highest BCUT2D eigenvalue weighted by molar-refractivity contribution is 8.00. The number of carbonyl (C=O) groups is 8. The summed E-state index contributed by atoms with van der Waals surface area (Å²) >= 11 is 0.989. The molecule has 2 rings (SSSR count). The molecule has 7 N–H and O–H groups in total. The molecule has 18 heteroatoms. The highest BCUT2D eigenvalue weighted by atomic mass is 32.2. The van der Waals surface area contributed by atoms with Gasteiger partial charge in [0.05, 0.1) is 17.3 Å². The fraction of sp³-hybridized carbons (Fsp3) is 0.619. The van der Waals surface area contributed by atoms with Gasteiger partial charge >= 0.3 is 11.9 Å². The molecule has 0 bridgehead atoms. The summed E-state index contributed by atoms with van der Waals surface area (Å²) in [5.41, 5.74) is 4.55. The number of carboxylic acids is 2. The van der Waals surface area contributed by atoms with Crippen LogP contribution >= 0.6 is 11.8 Å². The molecule has 1 aliphatic heterocycles. The van der Waals surface area contributed by atoms with E-state index < -0.39 is 93.6 Å². The zero-order valence-corrected chi connectivity index (χ0v) is 37.1. The van der Waals surface area contributed by atoms with E-state index >= 15 is 0 Å². The summed E-state index contributed by atoms with van der Waals surface area (Å²) in [5.74, 6) is -6.18. The normalized spacial score (nSPS) is 17.4. The Labute approximate surface area is 356 Å². The van der Waals surface area contributed by atoms with Gasteiger partial charge in [0.2, 0.25) is 29.5 Å². The molecule has 6 atom stereocenters. The molecule has 0 radical (unpaired) electrons. The summed E-state index contributed by atoms with van der Waals surface area (Å²) in [4.78, 5) is 105. The number of aliphatic carboxylic acids is 2. The second-order valence-electron chi connectivity index (χ2n) is 17.2. The van der Waals surface area contributed by atoms with Crippen molar-refractivity contribution in [3.8, 4) is 0 Å². The minimum Gasteiger partial charge on any atom is -0.480 e. The quantitative estimate of drug-likeness (QED) is 0.0686. The van der Waals surface area contributed by atoms with Gasteiger partial charge in [-0.2, -0.15) is 0 Å². The molecule has 1 aliphatic rings. The van der Waals surface area contributed by atoms with E-state index in [4.69, 9.17) is 10.8 Å². The first-order valence-corrected chi connectivity index (χ1v) is 21.0. The van der Waals surface area contributed by atoms with E-state index in [-0.39, 0.29) is 61.7 Å². The number of likely N-dealkylation sites (tertiary alicyclic amines) is 1. The van der Waals surface area contributed by atoms with Crippen LogP contribution in [-0.2, 0) is 43.8 Å². The zero-order valence-electron chi connectivity index (χ0n) is 36.3. The molecule has 60 heavy (non-hydrogen) atoms. The van der Waals surface area contributed by atoms with Gasteiger partial charge in [0.1, 0.15) is 29.7 Å². The van der Waals surface area contributed by atoms with E-state index in [1.54, 1.807) is 66.9 Å². The Bertz CT molecular complexity index is 1800. The Morgan fingerprint density at radius 3 is 2.18 bits per heavy atom. The minimum atomic E-state index is -1.42. The molecule has 5 amide bonds. The van der Waals surface area contributed by atoms with Crippen LogP contribution in [0, 0.1) is 17.2 Å². The monoisotopic (exact) mass is 862 g/mol. The van der Waals surface area contributed by atoms with Gasteiger partial charge in [0.15, 0.2) is 0 Å². The fourth-order valence-electron chi connectivity index (χ4n) is 6.89. The Morgan fingerprint density at radius 1 is 1.02 bits per heavy atom. The van der Waals surface area contributed by atoms with E-state index in [1.807, 2.05) is 13.8 Å². The first-order chi connectivity index (χ1) is 27.7. The van der Waals surface area contributed by atoms with Crippen molar-refractivity contribution in [3.05, 3.63) is 47.3 Å². The standard InChI is InChI=1S/C42H63FN6O10S/c1-23(2)30(48(10)38(55)34(41(4,5)6)47-36(53)33(45-9)42(7,8)25-13-11-14-26(43)20-25)19-24(3)35(52)46-29(40(58)59)17-16-27(50)15-12-18-49-32(51)21-31(37(49)54)60-22-28(44)39(56)57/h11,13-14,19-20,23,28-31,33-34,45H,12,15-18,21-22,44H2,1-10H3,(H,46,52)(H,47,53)(H,56,57)(H,58,59)/b24-19+/t28-,29+,30+,31?,33+,34+/m0/s1. The van der Waals surface area contributed by atoms with E-state index in [0.717, 1.165) is 16.7 Å². The van der Waals surface area contributed by atoms with Gasteiger partial charge in [-0.15, -0.1) is 11.8 Å². The average molecular weight is 863 g/mol. The second kappa shape index (κ2) is 22.2. The number of imide groups is 1. The molecule has 16 nitrogen and oxygen atoms in total. The first kappa shape index (κ1) is 51.5. The van der Waals surface area contributed by atoms with E-state index in [9.17, 15) is 47.9 Å². The predicted octanol–water partition coefficient (Wildman–Crippen LogP) is 2.62. The summed E-state index contributed by atoms with van der Waals surface area (Å²) < 4.78 is 14.1. The van der Waals surface area contributed by atoms with Gasteiger partial charge in [-0.3, -0.25) is 38.5 Å². The van der Waals surface area contributed by atoms with Crippen LogP contribution in [0.4, 0.5) is 4.39 Å².